The summed E-state index contributed by atoms with van der Waals surface area (Å²) in [4.78, 5) is 31.9. The van der Waals surface area contributed by atoms with Crippen LogP contribution >= 0.6 is 11.3 Å². The molecule has 37 heavy (non-hydrogen) atoms. The van der Waals surface area contributed by atoms with Crippen LogP contribution in [0.25, 0.3) is 6.08 Å². The number of carbonyl (C=O) groups excluding carboxylic acids is 1. The SMILES string of the molecule is CCOC(=O)C1=C(C)N=c2s/c(=C/c3ccc(OCC(C)C)c(OC)c3)c(=O)n2[C@H]1c1ccc(C)cc1. The maximum atomic E-state index is 13.8. The molecular formula is C29H32N2O5S. The van der Waals surface area contributed by atoms with Gasteiger partial charge in [-0.3, -0.25) is 9.36 Å². The molecule has 2 heterocycles. The monoisotopic (exact) mass is 520 g/mol. The Bertz CT molecular complexity index is 1510. The first-order valence-corrected chi connectivity index (χ1v) is 13.1. The van der Waals surface area contributed by atoms with Gasteiger partial charge >= 0.3 is 5.97 Å². The van der Waals surface area contributed by atoms with Gasteiger partial charge in [0, 0.05) is 0 Å². The van der Waals surface area contributed by atoms with Gasteiger partial charge in [-0.15, -0.1) is 0 Å². The Morgan fingerprint density at radius 3 is 2.51 bits per heavy atom. The van der Waals surface area contributed by atoms with Crippen LogP contribution in [-0.4, -0.2) is 30.9 Å². The maximum absolute atomic E-state index is 13.8. The number of thiazole rings is 1. The summed E-state index contributed by atoms with van der Waals surface area (Å²) < 4.78 is 18.8. The normalized spacial score (nSPS) is 15.4. The Morgan fingerprint density at radius 1 is 1.14 bits per heavy atom. The lowest BCUT2D eigenvalue weighted by Crippen LogP contribution is -2.39. The Labute approximate surface area is 220 Å². The van der Waals surface area contributed by atoms with Crippen molar-refractivity contribution in [3.63, 3.8) is 0 Å². The molecule has 194 valence electrons. The van der Waals surface area contributed by atoms with E-state index in [9.17, 15) is 9.59 Å². The van der Waals surface area contributed by atoms with E-state index < -0.39 is 12.0 Å². The molecule has 1 aliphatic heterocycles. The van der Waals surface area contributed by atoms with Gasteiger partial charge in [0.25, 0.3) is 5.56 Å². The lowest BCUT2D eigenvalue weighted by atomic mass is 9.95. The van der Waals surface area contributed by atoms with Crippen molar-refractivity contribution >= 4 is 23.4 Å². The molecule has 2 aromatic carbocycles. The zero-order chi connectivity index (χ0) is 26.7. The van der Waals surface area contributed by atoms with Gasteiger partial charge in [0.1, 0.15) is 0 Å². The van der Waals surface area contributed by atoms with Crippen molar-refractivity contribution in [3.8, 4) is 11.5 Å². The van der Waals surface area contributed by atoms with E-state index in [1.807, 2.05) is 55.5 Å². The molecule has 0 spiro atoms. The molecule has 7 nitrogen and oxygen atoms in total. The molecule has 1 atom stereocenters. The average molecular weight is 521 g/mol. The number of rotatable bonds is 8. The van der Waals surface area contributed by atoms with E-state index in [1.165, 1.54) is 11.3 Å². The number of hydrogen-bond donors (Lipinski definition) is 0. The van der Waals surface area contributed by atoms with Crippen molar-refractivity contribution in [2.24, 2.45) is 10.9 Å². The number of allylic oxidation sites excluding steroid dienone is 1. The van der Waals surface area contributed by atoms with Crippen LogP contribution in [0.15, 0.2) is 63.5 Å². The number of hydrogen-bond acceptors (Lipinski definition) is 7. The summed E-state index contributed by atoms with van der Waals surface area (Å²) in [6.45, 7) is 10.5. The van der Waals surface area contributed by atoms with Gasteiger partial charge in [-0.05, 0) is 56.0 Å². The summed E-state index contributed by atoms with van der Waals surface area (Å²) >= 11 is 1.29. The average Bonchev–Trinajstić information content (AvgIpc) is 3.17. The van der Waals surface area contributed by atoms with Crippen LogP contribution in [0.1, 0.15) is 50.4 Å². The molecule has 0 N–H and O–H groups in total. The number of nitrogens with zero attached hydrogens (tertiary/aromatic N) is 2. The Balaban J connectivity index is 1.84. The molecule has 0 bridgehead atoms. The molecule has 0 radical (unpaired) electrons. The van der Waals surface area contributed by atoms with Crippen molar-refractivity contribution in [3.05, 3.63) is 90.1 Å². The van der Waals surface area contributed by atoms with E-state index in [-0.39, 0.29) is 12.2 Å². The fourth-order valence-corrected chi connectivity index (χ4v) is 5.20. The standard InChI is InChI=1S/C29H32N2O5S/c1-7-35-28(33)25-19(5)30-29-31(26(25)21-11-8-18(4)9-12-21)27(32)24(37-29)15-20-10-13-22(23(14-20)34-6)36-16-17(2)3/h8-15,17,26H,7,16H2,1-6H3/b24-15+/t26-/m0/s1. The van der Waals surface area contributed by atoms with Gasteiger partial charge in [0.05, 0.1) is 42.2 Å². The third-order valence-corrected chi connectivity index (χ3v) is 6.95. The molecule has 0 saturated heterocycles. The van der Waals surface area contributed by atoms with E-state index >= 15 is 0 Å². The van der Waals surface area contributed by atoms with Crippen molar-refractivity contribution in [1.82, 2.24) is 4.57 Å². The number of fused-ring (bicyclic) bond motifs is 1. The second kappa shape index (κ2) is 11.2. The first-order chi connectivity index (χ1) is 17.7. The number of esters is 1. The highest BCUT2D eigenvalue weighted by Crippen LogP contribution is 2.31. The minimum atomic E-state index is -0.626. The first-order valence-electron chi connectivity index (χ1n) is 12.3. The van der Waals surface area contributed by atoms with Gasteiger partial charge in [-0.25, -0.2) is 9.79 Å². The molecular weight excluding hydrogens is 488 g/mol. The minimum absolute atomic E-state index is 0.220. The fourth-order valence-electron chi connectivity index (χ4n) is 4.16. The second-order valence-electron chi connectivity index (χ2n) is 9.33. The smallest absolute Gasteiger partial charge is 0.338 e. The number of carbonyl (C=O) groups is 1. The maximum Gasteiger partial charge on any atom is 0.338 e. The Kier molecular flexibility index (Phi) is 7.97. The minimum Gasteiger partial charge on any atom is -0.493 e. The molecule has 4 rings (SSSR count). The predicted molar refractivity (Wildman–Crippen MR) is 145 cm³/mol. The zero-order valence-electron chi connectivity index (χ0n) is 22.0. The molecule has 1 aromatic heterocycles. The predicted octanol–water partition coefficient (Wildman–Crippen LogP) is 4.15. The van der Waals surface area contributed by atoms with E-state index in [2.05, 4.69) is 18.8 Å². The lowest BCUT2D eigenvalue weighted by Gasteiger charge is -2.24. The number of methoxy groups -OCH3 is 1. The van der Waals surface area contributed by atoms with Gasteiger partial charge < -0.3 is 14.2 Å². The van der Waals surface area contributed by atoms with Gasteiger partial charge in [0.15, 0.2) is 16.3 Å². The second-order valence-corrected chi connectivity index (χ2v) is 10.3. The highest BCUT2D eigenvalue weighted by molar-refractivity contribution is 7.07. The molecule has 3 aromatic rings. The highest BCUT2D eigenvalue weighted by Gasteiger charge is 2.33. The van der Waals surface area contributed by atoms with Crippen molar-refractivity contribution in [2.45, 2.75) is 40.7 Å². The van der Waals surface area contributed by atoms with Crippen molar-refractivity contribution in [1.29, 1.82) is 0 Å². The van der Waals surface area contributed by atoms with Crippen LogP contribution < -0.4 is 24.4 Å². The van der Waals surface area contributed by atoms with Crippen LogP contribution in [0.5, 0.6) is 11.5 Å². The third-order valence-electron chi connectivity index (χ3n) is 5.97. The summed E-state index contributed by atoms with van der Waals surface area (Å²) in [6.07, 6.45) is 1.81. The van der Waals surface area contributed by atoms with E-state index in [0.29, 0.717) is 44.6 Å². The van der Waals surface area contributed by atoms with Crippen molar-refractivity contribution < 1.29 is 19.0 Å². The Morgan fingerprint density at radius 2 is 1.86 bits per heavy atom. The van der Waals surface area contributed by atoms with Crippen molar-refractivity contribution in [2.75, 3.05) is 20.3 Å². The van der Waals surface area contributed by atoms with E-state index in [4.69, 9.17) is 14.2 Å². The zero-order valence-corrected chi connectivity index (χ0v) is 22.8. The largest absolute Gasteiger partial charge is 0.493 e. The summed E-state index contributed by atoms with van der Waals surface area (Å²) in [7, 11) is 1.59. The topological polar surface area (TPSA) is 79.1 Å². The van der Waals surface area contributed by atoms with Gasteiger partial charge in [-0.1, -0.05) is 61.1 Å². The van der Waals surface area contributed by atoms with Crippen LogP contribution in [0.3, 0.4) is 0 Å². The molecule has 1 aliphatic rings. The fraction of sp³-hybridized carbons (Fsp3) is 0.345. The van der Waals surface area contributed by atoms with Crippen LogP contribution in [0, 0.1) is 12.8 Å². The first kappa shape index (κ1) is 26.4. The Hall–Kier alpha value is -3.65. The number of aromatic nitrogens is 1. The summed E-state index contributed by atoms with van der Waals surface area (Å²) in [5, 5.41) is 0. The molecule has 0 fully saturated rings. The molecule has 8 heteroatoms. The highest BCUT2D eigenvalue weighted by atomic mass is 32.1. The van der Waals surface area contributed by atoms with E-state index in [0.717, 1.165) is 16.7 Å². The number of benzene rings is 2. The van der Waals surface area contributed by atoms with Gasteiger partial charge in [-0.2, -0.15) is 0 Å². The summed E-state index contributed by atoms with van der Waals surface area (Å²) in [5.74, 6) is 1.17. The summed E-state index contributed by atoms with van der Waals surface area (Å²) in [5.41, 5.74) is 3.41. The van der Waals surface area contributed by atoms with Crippen LogP contribution in [0.2, 0.25) is 0 Å². The lowest BCUT2D eigenvalue weighted by molar-refractivity contribution is -0.139. The number of ether oxygens (including phenoxy) is 3. The molecule has 0 unspecified atom stereocenters. The third kappa shape index (κ3) is 5.54. The molecule has 0 aliphatic carbocycles. The van der Waals surface area contributed by atoms with Gasteiger partial charge in [0.2, 0.25) is 0 Å². The van der Waals surface area contributed by atoms with Crippen LogP contribution in [-0.2, 0) is 9.53 Å². The molecule has 0 amide bonds. The summed E-state index contributed by atoms with van der Waals surface area (Å²) in [6, 6.07) is 12.8. The molecule has 0 saturated carbocycles. The van der Waals surface area contributed by atoms with E-state index in [1.54, 1.807) is 25.5 Å². The number of aryl methyl sites for hydroxylation is 1. The quantitative estimate of drug-likeness (QED) is 0.417. The van der Waals surface area contributed by atoms with Crippen LogP contribution in [0.4, 0.5) is 0 Å².